The van der Waals surface area contributed by atoms with E-state index in [-0.39, 0.29) is 0 Å². The van der Waals surface area contributed by atoms with Crippen LogP contribution in [0.4, 0.5) is 0 Å². The van der Waals surface area contributed by atoms with E-state index in [2.05, 4.69) is 0 Å². The number of hydrogen-bond acceptors (Lipinski definition) is 3. The van der Waals surface area contributed by atoms with Gasteiger partial charge in [-0.25, -0.2) is 0 Å². The van der Waals surface area contributed by atoms with Crippen LogP contribution in [-0.4, -0.2) is 20.3 Å². The Labute approximate surface area is 81.2 Å². The van der Waals surface area contributed by atoms with Crippen LogP contribution >= 0.6 is 0 Å². The second kappa shape index (κ2) is 3.79. The highest BCUT2D eigenvalue weighted by Gasteiger charge is 2.13. The third kappa shape index (κ3) is 1.77. The second-order valence-corrected chi connectivity index (χ2v) is 3.41. The maximum absolute atomic E-state index is 11.5. The van der Waals surface area contributed by atoms with Gasteiger partial charge < -0.3 is 14.2 Å². The SMILES string of the molecule is CC(O)C(C)n1ccn(C)c(=O)c1=O. The Morgan fingerprint density at radius 3 is 2.29 bits per heavy atom. The molecule has 78 valence electrons. The molecule has 0 bridgehead atoms. The third-order valence-corrected chi connectivity index (χ3v) is 2.33. The van der Waals surface area contributed by atoms with Gasteiger partial charge in [-0.05, 0) is 13.8 Å². The van der Waals surface area contributed by atoms with Crippen molar-refractivity contribution < 1.29 is 5.11 Å². The maximum Gasteiger partial charge on any atom is 0.316 e. The minimum absolute atomic E-state index is 0.392. The lowest BCUT2D eigenvalue weighted by Gasteiger charge is -2.17. The van der Waals surface area contributed by atoms with Crippen LogP contribution in [0.15, 0.2) is 22.0 Å². The molecule has 14 heavy (non-hydrogen) atoms. The molecule has 5 heteroatoms. The van der Waals surface area contributed by atoms with E-state index in [0.29, 0.717) is 0 Å². The zero-order valence-electron chi connectivity index (χ0n) is 8.47. The third-order valence-electron chi connectivity index (χ3n) is 2.33. The average Bonchev–Trinajstić information content (AvgIpc) is 2.13. The molecule has 0 saturated heterocycles. The molecule has 0 aliphatic carbocycles. The first kappa shape index (κ1) is 10.7. The molecule has 2 atom stereocenters. The summed E-state index contributed by atoms with van der Waals surface area (Å²) in [5, 5.41) is 9.29. The molecule has 0 fully saturated rings. The van der Waals surface area contributed by atoms with Crippen molar-refractivity contribution in [1.82, 2.24) is 9.13 Å². The van der Waals surface area contributed by atoms with Crippen LogP contribution in [0.5, 0.6) is 0 Å². The number of rotatable bonds is 2. The Balaban J connectivity index is 3.32. The minimum atomic E-state index is -0.667. The fraction of sp³-hybridized carbons (Fsp3) is 0.556. The summed E-state index contributed by atoms with van der Waals surface area (Å²) in [6.07, 6.45) is 2.34. The van der Waals surface area contributed by atoms with Gasteiger partial charge in [-0.3, -0.25) is 9.59 Å². The number of nitrogens with zero attached hydrogens (tertiary/aromatic N) is 2. The predicted octanol–water partition coefficient (Wildman–Crippen LogP) is -0.511. The molecular weight excluding hydrogens is 184 g/mol. The number of aliphatic hydroxyl groups excluding tert-OH is 1. The highest BCUT2D eigenvalue weighted by atomic mass is 16.3. The van der Waals surface area contributed by atoms with E-state index in [4.69, 9.17) is 0 Å². The van der Waals surface area contributed by atoms with Gasteiger partial charge in [-0.15, -0.1) is 0 Å². The van der Waals surface area contributed by atoms with Crippen molar-refractivity contribution >= 4 is 0 Å². The van der Waals surface area contributed by atoms with Gasteiger partial charge in [-0.1, -0.05) is 0 Å². The maximum atomic E-state index is 11.5. The Kier molecular flexibility index (Phi) is 2.90. The number of aryl methyl sites for hydroxylation is 1. The van der Waals surface area contributed by atoms with Crippen LogP contribution in [-0.2, 0) is 7.05 Å². The molecule has 1 aromatic rings. The molecule has 0 radical (unpaired) electrons. The van der Waals surface area contributed by atoms with Crippen molar-refractivity contribution in [3.8, 4) is 0 Å². The van der Waals surface area contributed by atoms with E-state index in [1.54, 1.807) is 13.8 Å². The van der Waals surface area contributed by atoms with Crippen LogP contribution in [0, 0.1) is 0 Å². The first-order valence-corrected chi connectivity index (χ1v) is 4.41. The smallest absolute Gasteiger partial charge is 0.316 e. The van der Waals surface area contributed by atoms with E-state index in [9.17, 15) is 14.7 Å². The molecule has 2 unspecified atom stereocenters. The van der Waals surface area contributed by atoms with Crippen LogP contribution in [0.1, 0.15) is 19.9 Å². The van der Waals surface area contributed by atoms with Gasteiger partial charge in [0.15, 0.2) is 0 Å². The molecule has 0 aliphatic rings. The van der Waals surface area contributed by atoms with Crippen molar-refractivity contribution in [1.29, 1.82) is 0 Å². The van der Waals surface area contributed by atoms with E-state index in [0.717, 1.165) is 0 Å². The van der Waals surface area contributed by atoms with Gasteiger partial charge in [-0.2, -0.15) is 0 Å². The topological polar surface area (TPSA) is 64.2 Å². The van der Waals surface area contributed by atoms with Crippen LogP contribution in [0.25, 0.3) is 0 Å². The summed E-state index contributed by atoms with van der Waals surface area (Å²) in [5.74, 6) is 0. The Bertz CT molecular complexity index is 430. The largest absolute Gasteiger partial charge is 0.391 e. The van der Waals surface area contributed by atoms with Gasteiger partial charge in [0.1, 0.15) is 0 Å². The van der Waals surface area contributed by atoms with Crippen LogP contribution in [0.2, 0.25) is 0 Å². The van der Waals surface area contributed by atoms with E-state index in [1.165, 1.54) is 28.6 Å². The molecule has 0 amide bonds. The normalized spacial score (nSPS) is 15.1. The number of aromatic nitrogens is 2. The van der Waals surface area contributed by atoms with Crippen molar-refractivity contribution in [2.24, 2.45) is 7.05 Å². The summed E-state index contributed by atoms with van der Waals surface area (Å²) in [4.78, 5) is 22.7. The summed E-state index contributed by atoms with van der Waals surface area (Å²) in [6, 6.07) is -0.392. The molecule has 0 saturated carbocycles. The van der Waals surface area contributed by atoms with E-state index >= 15 is 0 Å². The first-order chi connectivity index (χ1) is 6.45. The minimum Gasteiger partial charge on any atom is -0.391 e. The van der Waals surface area contributed by atoms with Gasteiger partial charge in [0.2, 0.25) is 0 Å². The Hall–Kier alpha value is -1.36. The Morgan fingerprint density at radius 1 is 1.21 bits per heavy atom. The van der Waals surface area contributed by atoms with E-state index < -0.39 is 23.3 Å². The molecule has 0 aromatic carbocycles. The van der Waals surface area contributed by atoms with Gasteiger partial charge in [0.05, 0.1) is 12.1 Å². The molecule has 1 rings (SSSR count). The lowest BCUT2D eigenvalue weighted by molar-refractivity contribution is 0.136. The summed E-state index contributed by atoms with van der Waals surface area (Å²) < 4.78 is 2.46. The molecular formula is C9H14N2O3. The summed E-state index contributed by atoms with van der Waals surface area (Å²) >= 11 is 0. The standard InChI is InChI=1S/C9H14N2O3/c1-6(7(2)12)11-5-4-10(3)8(13)9(11)14/h4-7,12H,1-3H3. The average molecular weight is 198 g/mol. The van der Waals surface area contributed by atoms with Crippen molar-refractivity contribution in [3.63, 3.8) is 0 Å². The highest BCUT2D eigenvalue weighted by molar-refractivity contribution is 4.88. The first-order valence-electron chi connectivity index (χ1n) is 4.41. The zero-order chi connectivity index (χ0) is 10.9. The van der Waals surface area contributed by atoms with Crippen molar-refractivity contribution in [2.75, 3.05) is 0 Å². The number of hydrogen-bond donors (Lipinski definition) is 1. The Morgan fingerprint density at radius 2 is 1.79 bits per heavy atom. The summed E-state index contributed by atoms with van der Waals surface area (Å²) in [5.41, 5.74) is -1.19. The van der Waals surface area contributed by atoms with Gasteiger partial charge in [0, 0.05) is 19.4 Å². The van der Waals surface area contributed by atoms with Gasteiger partial charge >= 0.3 is 11.1 Å². The molecule has 1 heterocycles. The summed E-state index contributed by atoms with van der Waals surface area (Å²) in [7, 11) is 1.51. The monoisotopic (exact) mass is 198 g/mol. The van der Waals surface area contributed by atoms with Crippen LogP contribution in [0.3, 0.4) is 0 Å². The molecule has 0 spiro atoms. The fourth-order valence-corrected chi connectivity index (χ4v) is 1.12. The number of aliphatic hydroxyl groups is 1. The van der Waals surface area contributed by atoms with E-state index in [1.807, 2.05) is 0 Å². The quantitative estimate of drug-likeness (QED) is 0.651. The molecule has 1 aromatic heterocycles. The fourth-order valence-electron chi connectivity index (χ4n) is 1.12. The van der Waals surface area contributed by atoms with Gasteiger partial charge in [0.25, 0.3) is 0 Å². The molecule has 1 N–H and O–H groups in total. The van der Waals surface area contributed by atoms with Crippen LogP contribution < -0.4 is 11.1 Å². The molecule has 0 aliphatic heterocycles. The summed E-state index contributed by atoms with van der Waals surface area (Å²) in [6.45, 7) is 3.26. The lowest BCUT2D eigenvalue weighted by atomic mass is 10.2. The lowest BCUT2D eigenvalue weighted by Crippen LogP contribution is -2.42. The second-order valence-electron chi connectivity index (χ2n) is 3.41. The predicted molar refractivity (Wildman–Crippen MR) is 52.3 cm³/mol. The highest BCUT2D eigenvalue weighted by Crippen LogP contribution is 2.05. The van der Waals surface area contributed by atoms with Crippen molar-refractivity contribution in [2.45, 2.75) is 26.0 Å². The van der Waals surface area contributed by atoms with Crippen molar-refractivity contribution in [3.05, 3.63) is 33.1 Å². The molecule has 5 nitrogen and oxygen atoms in total. The zero-order valence-corrected chi connectivity index (χ0v) is 8.47.